The molecule has 0 aromatic carbocycles. The van der Waals surface area contributed by atoms with E-state index >= 15 is 0 Å². The van der Waals surface area contributed by atoms with Crippen molar-refractivity contribution in [1.82, 2.24) is 25.5 Å². The maximum Gasteiger partial charge on any atom is 0.151 e. The number of hydrogen-bond acceptors (Lipinski definition) is 5. The third-order valence-corrected chi connectivity index (χ3v) is 2.45. The molecule has 0 aliphatic rings. The average molecular weight is 250 g/mol. The molecule has 0 fully saturated rings. The average Bonchev–Trinajstić information content (AvgIpc) is 2.39. The monoisotopic (exact) mass is 249 g/mol. The number of nitrogens with zero attached hydrogens (tertiary/aromatic N) is 4. The highest BCUT2D eigenvalue weighted by Gasteiger charge is 2.07. The van der Waals surface area contributed by atoms with Crippen molar-refractivity contribution in [2.75, 3.05) is 0 Å². The smallest absolute Gasteiger partial charge is 0.151 e. The first-order chi connectivity index (χ1) is 8.25. The summed E-state index contributed by atoms with van der Waals surface area (Å²) in [4.78, 5) is 8.35. The van der Waals surface area contributed by atoms with Gasteiger partial charge in [-0.05, 0) is 25.1 Å². The highest BCUT2D eigenvalue weighted by Crippen LogP contribution is 2.07. The van der Waals surface area contributed by atoms with E-state index in [0.29, 0.717) is 11.7 Å². The summed E-state index contributed by atoms with van der Waals surface area (Å²) in [5.74, 6) is 0.759. The maximum atomic E-state index is 5.66. The highest BCUT2D eigenvalue weighted by atomic mass is 35.5. The molecule has 0 saturated carbocycles. The van der Waals surface area contributed by atoms with Crippen LogP contribution in [0.3, 0.4) is 0 Å². The van der Waals surface area contributed by atoms with Crippen molar-refractivity contribution in [3.63, 3.8) is 0 Å². The highest BCUT2D eigenvalue weighted by molar-refractivity contribution is 6.29. The lowest BCUT2D eigenvalue weighted by molar-refractivity contribution is 0.537. The van der Waals surface area contributed by atoms with Crippen LogP contribution < -0.4 is 5.32 Å². The van der Waals surface area contributed by atoms with Gasteiger partial charge in [0.05, 0.1) is 11.7 Å². The third kappa shape index (κ3) is 3.44. The number of halogens is 1. The fourth-order valence-electron chi connectivity index (χ4n) is 1.32. The van der Waals surface area contributed by atoms with Crippen molar-refractivity contribution in [2.24, 2.45) is 0 Å². The van der Waals surface area contributed by atoms with Gasteiger partial charge in [-0.3, -0.25) is 0 Å². The lowest BCUT2D eigenvalue weighted by atomic mass is 10.3. The van der Waals surface area contributed by atoms with Crippen LogP contribution in [-0.4, -0.2) is 20.2 Å². The van der Waals surface area contributed by atoms with E-state index in [0.717, 1.165) is 11.5 Å². The standard InChI is InChI=1S/C11H12ClN5/c1-8(11-13-5-2-6-14-11)15-7-9-3-4-10(12)17-16-9/h2-6,8,15H,7H2,1H3. The second-order valence-corrected chi connectivity index (χ2v) is 3.94. The lowest BCUT2D eigenvalue weighted by Gasteiger charge is -2.11. The normalized spacial score (nSPS) is 12.4. The Labute approximate surface area is 104 Å². The SMILES string of the molecule is CC(NCc1ccc(Cl)nn1)c1ncccn1. The number of aromatic nitrogens is 4. The fraction of sp³-hybridized carbons (Fsp3) is 0.273. The molecule has 2 rings (SSSR count). The molecule has 0 bridgehead atoms. The van der Waals surface area contributed by atoms with Crippen molar-refractivity contribution >= 4 is 11.6 Å². The zero-order chi connectivity index (χ0) is 12.1. The minimum atomic E-state index is 0.0636. The summed E-state index contributed by atoms with van der Waals surface area (Å²) in [5, 5.41) is 11.4. The molecular formula is C11H12ClN5. The molecule has 0 aliphatic heterocycles. The van der Waals surface area contributed by atoms with Crippen LogP contribution >= 0.6 is 11.6 Å². The van der Waals surface area contributed by atoms with E-state index in [4.69, 9.17) is 11.6 Å². The Morgan fingerprint density at radius 3 is 2.65 bits per heavy atom. The van der Waals surface area contributed by atoms with Crippen molar-refractivity contribution in [3.05, 3.63) is 47.3 Å². The molecule has 0 aliphatic carbocycles. The van der Waals surface area contributed by atoms with Gasteiger partial charge in [0, 0.05) is 18.9 Å². The van der Waals surface area contributed by atoms with Crippen LogP contribution in [0, 0.1) is 0 Å². The zero-order valence-corrected chi connectivity index (χ0v) is 10.1. The van der Waals surface area contributed by atoms with Gasteiger partial charge in [0.2, 0.25) is 0 Å². The fourth-order valence-corrected chi connectivity index (χ4v) is 1.42. The quantitative estimate of drug-likeness (QED) is 0.895. The summed E-state index contributed by atoms with van der Waals surface area (Å²) in [7, 11) is 0. The summed E-state index contributed by atoms with van der Waals surface area (Å²) in [6, 6.07) is 5.41. The molecule has 0 amide bonds. The predicted octanol–water partition coefficient (Wildman–Crippen LogP) is 1.77. The van der Waals surface area contributed by atoms with Crippen LogP contribution in [0.4, 0.5) is 0 Å². The molecule has 0 saturated heterocycles. The van der Waals surface area contributed by atoms with Gasteiger partial charge < -0.3 is 5.32 Å². The van der Waals surface area contributed by atoms with Crippen molar-refractivity contribution < 1.29 is 0 Å². The number of hydrogen-bond donors (Lipinski definition) is 1. The molecule has 0 spiro atoms. The number of rotatable bonds is 4. The minimum absolute atomic E-state index is 0.0636. The Morgan fingerprint density at radius 2 is 2.00 bits per heavy atom. The van der Waals surface area contributed by atoms with E-state index < -0.39 is 0 Å². The molecule has 1 N–H and O–H groups in total. The second kappa shape index (κ2) is 5.65. The topological polar surface area (TPSA) is 63.6 Å². The van der Waals surface area contributed by atoms with E-state index in [1.54, 1.807) is 24.5 Å². The molecule has 88 valence electrons. The van der Waals surface area contributed by atoms with Crippen LogP contribution in [0.1, 0.15) is 24.5 Å². The summed E-state index contributed by atoms with van der Waals surface area (Å²) < 4.78 is 0. The van der Waals surface area contributed by atoms with Gasteiger partial charge in [-0.25, -0.2) is 9.97 Å². The predicted molar refractivity (Wildman–Crippen MR) is 64.3 cm³/mol. The third-order valence-electron chi connectivity index (χ3n) is 2.25. The zero-order valence-electron chi connectivity index (χ0n) is 9.34. The Morgan fingerprint density at radius 1 is 1.24 bits per heavy atom. The number of nitrogens with one attached hydrogen (secondary N) is 1. The Bertz CT molecular complexity index is 459. The van der Waals surface area contributed by atoms with Gasteiger partial charge in [-0.15, -0.1) is 5.10 Å². The van der Waals surface area contributed by atoms with Crippen LogP contribution in [0.2, 0.25) is 5.15 Å². The van der Waals surface area contributed by atoms with E-state index in [1.807, 2.05) is 13.0 Å². The van der Waals surface area contributed by atoms with E-state index in [9.17, 15) is 0 Å². The first kappa shape index (κ1) is 11.9. The minimum Gasteiger partial charge on any atom is -0.302 e. The van der Waals surface area contributed by atoms with Crippen molar-refractivity contribution in [1.29, 1.82) is 0 Å². The van der Waals surface area contributed by atoms with Gasteiger partial charge in [0.25, 0.3) is 0 Å². The molecule has 1 atom stereocenters. The Kier molecular flexibility index (Phi) is 3.95. The van der Waals surface area contributed by atoms with Crippen LogP contribution in [0.15, 0.2) is 30.6 Å². The molecule has 5 nitrogen and oxygen atoms in total. The van der Waals surface area contributed by atoms with E-state index in [2.05, 4.69) is 25.5 Å². The van der Waals surface area contributed by atoms with E-state index in [-0.39, 0.29) is 6.04 Å². The summed E-state index contributed by atoms with van der Waals surface area (Å²) in [6.07, 6.45) is 3.45. The van der Waals surface area contributed by atoms with Gasteiger partial charge in [-0.1, -0.05) is 11.6 Å². The molecule has 2 heterocycles. The Balaban J connectivity index is 1.92. The maximum absolute atomic E-state index is 5.66. The second-order valence-electron chi connectivity index (χ2n) is 3.56. The van der Waals surface area contributed by atoms with Gasteiger partial charge in [0.1, 0.15) is 5.82 Å². The van der Waals surface area contributed by atoms with Crippen LogP contribution in [0.5, 0.6) is 0 Å². The van der Waals surface area contributed by atoms with Crippen LogP contribution in [-0.2, 0) is 6.54 Å². The van der Waals surface area contributed by atoms with Crippen molar-refractivity contribution in [2.45, 2.75) is 19.5 Å². The molecule has 0 radical (unpaired) electrons. The van der Waals surface area contributed by atoms with Crippen LogP contribution in [0.25, 0.3) is 0 Å². The first-order valence-electron chi connectivity index (χ1n) is 5.24. The molecule has 6 heteroatoms. The van der Waals surface area contributed by atoms with Gasteiger partial charge in [-0.2, -0.15) is 5.10 Å². The molecule has 2 aromatic rings. The molecule has 17 heavy (non-hydrogen) atoms. The van der Waals surface area contributed by atoms with Gasteiger partial charge in [0.15, 0.2) is 5.15 Å². The van der Waals surface area contributed by atoms with Gasteiger partial charge >= 0.3 is 0 Å². The van der Waals surface area contributed by atoms with E-state index in [1.165, 1.54) is 0 Å². The van der Waals surface area contributed by atoms with Crippen molar-refractivity contribution in [3.8, 4) is 0 Å². The lowest BCUT2D eigenvalue weighted by Crippen LogP contribution is -2.20. The summed E-state index contributed by atoms with van der Waals surface area (Å²) >= 11 is 5.66. The summed E-state index contributed by atoms with van der Waals surface area (Å²) in [5.41, 5.74) is 0.831. The summed E-state index contributed by atoms with van der Waals surface area (Å²) in [6.45, 7) is 2.60. The molecule has 1 unspecified atom stereocenters. The molecular weight excluding hydrogens is 238 g/mol. The Hall–Kier alpha value is -1.59. The largest absolute Gasteiger partial charge is 0.302 e. The first-order valence-corrected chi connectivity index (χ1v) is 5.62. The molecule has 2 aromatic heterocycles.